The average molecular weight is 304 g/mol. The summed E-state index contributed by atoms with van der Waals surface area (Å²) in [6.45, 7) is 12.2. The third-order valence-electron chi connectivity index (χ3n) is 6.43. The molecule has 0 unspecified atom stereocenters. The van der Waals surface area contributed by atoms with E-state index in [0.29, 0.717) is 17.9 Å². The van der Waals surface area contributed by atoms with Gasteiger partial charge in [0.25, 0.3) is 0 Å². The fourth-order valence-corrected chi connectivity index (χ4v) is 5.13. The predicted molar refractivity (Wildman–Crippen MR) is 87.5 cm³/mol. The Bertz CT molecular complexity index is 507. The van der Waals surface area contributed by atoms with E-state index in [0.717, 1.165) is 44.8 Å². The van der Waals surface area contributed by atoms with Crippen LogP contribution in [0.2, 0.25) is 0 Å². The second kappa shape index (κ2) is 6.02. The van der Waals surface area contributed by atoms with Crippen LogP contribution in [0.1, 0.15) is 58.8 Å². The first kappa shape index (κ1) is 17.0. The molecule has 22 heavy (non-hydrogen) atoms. The number of fused-ring (bicyclic) bond motifs is 1. The summed E-state index contributed by atoms with van der Waals surface area (Å²) in [5.74, 6) is -0.180. The van der Waals surface area contributed by atoms with E-state index >= 15 is 0 Å². The van der Waals surface area contributed by atoms with Crippen LogP contribution in [-0.4, -0.2) is 17.4 Å². The van der Waals surface area contributed by atoms with Crippen molar-refractivity contribution in [3.63, 3.8) is 0 Å². The predicted octanol–water partition coefficient (Wildman–Crippen LogP) is 4.39. The highest BCUT2D eigenvalue weighted by molar-refractivity contribution is 5.75. The van der Waals surface area contributed by atoms with Crippen molar-refractivity contribution in [2.75, 3.05) is 0 Å². The lowest BCUT2D eigenvalue weighted by Gasteiger charge is -2.57. The molecule has 2 aliphatic carbocycles. The first-order chi connectivity index (χ1) is 10.3. The smallest absolute Gasteiger partial charge is 0.309 e. The molecule has 2 aliphatic rings. The van der Waals surface area contributed by atoms with Gasteiger partial charge in [0.05, 0.1) is 5.41 Å². The Morgan fingerprint density at radius 2 is 2.09 bits per heavy atom. The van der Waals surface area contributed by atoms with Crippen LogP contribution in [0.15, 0.2) is 24.3 Å². The van der Waals surface area contributed by atoms with Crippen molar-refractivity contribution in [2.24, 2.45) is 22.7 Å². The van der Waals surface area contributed by atoms with E-state index in [9.17, 15) is 14.7 Å². The van der Waals surface area contributed by atoms with Gasteiger partial charge in [0.15, 0.2) is 0 Å². The normalized spacial score (nSPS) is 38.2. The lowest BCUT2D eigenvalue weighted by atomic mass is 9.46. The quantitative estimate of drug-likeness (QED) is 0.466. The molecular formula is C19H28O3. The van der Waals surface area contributed by atoms with Crippen LogP contribution in [0, 0.1) is 22.7 Å². The van der Waals surface area contributed by atoms with Crippen molar-refractivity contribution in [1.29, 1.82) is 0 Å². The Morgan fingerprint density at radius 1 is 1.41 bits per heavy atom. The highest BCUT2D eigenvalue weighted by Crippen LogP contribution is 2.62. The summed E-state index contributed by atoms with van der Waals surface area (Å²) < 4.78 is 0. The largest absolute Gasteiger partial charge is 0.481 e. The van der Waals surface area contributed by atoms with Crippen LogP contribution in [0.4, 0.5) is 0 Å². The van der Waals surface area contributed by atoms with Gasteiger partial charge in [-0.2, -0.15) is 0 Å². The number of aliphatic carboxylic acids is 1. The SMILES string of the molecule is C=C(C=O)CC[C@H]1C(=C)CC[C@@H]2[C@]1(C)CCC[C@]2(C)C(=O)O. The molecule has 122 valence electrons. The number of rotatable bonds is 5. The lowest BCUT2D eigenvalue weighted by Crippen LogP contribution is -2.53. The van der Waals surface area contributed by atoms with E-state index in [-0.39, 0.29) is 11.3 Å². The Kier molecular flexibility index (Phi) is 4.65. The minimum atomic E-state index is -0.660. The van der Waals surface area contributed by atoms with Gasteiger partial charge >= 0.3 is 5.97 Å². The van der Waals surface area contributed by atoms with Gasteiger partial charge in [-0.15, -0.1) is 0 Å². The molecule has 0 spiro atoms. The van der Waals surface area contributed by atoms with Gasteiger partial charge in [0.2, 0.25) is 0 Å². The molecule has 2 rings (SSSR count). The molecule has 3 nitrogen and oxygen atoms in total. The average Bonchev–Trinajstić information content (AvgIpc) is 2.45. The number of carbonyl (C=O) groups excluding carboxylic acids is 1. The standard InChI is InChI=1S/C19H28O3/c1-13(12-20)6-8-15-14(2)7-9-16-18(15,3)10-5-11-19(16,4)17(21)22/h12,15-16H,1-2,5-11H2,3-4H3,(H,21,22)/t15-,16+,18+,19-/m0/s1. The van der Waals surface area contributed by atoms with E-state index in [1.54, 1.807) is 0 Å². The highest BCUT2D eigenvalue weighted by atomic mass is 16.4. The summed E-state index contributed by atoms with van der Waals surface area (Å²) in [6, 6.07) is 0. The minimum Gasteiger partial charge on any atom is -0.481 e. The first-order valence-electron chi connectivity index (χ1n) is 8.29. The molecule has 4 atom stereocenters. The molecule has 3 heteroatoms. The maximum atomic E-state index is 11.9. The van der Waals surface area contributed by atoms with Crippen LogP contribution >= 0.6 is 0 Å². The molecular weight excluding hydrogens is 276 g/mol. The zero-order chi connectivity index (χ0) is 16.5. The third kappa shape index (κ3) is 2.66. The number of hydrogen-bond donors (Lipinski definition) is 1. The molecule has 0 aromatic carbocycles. The van der Waals surface area contributed by atoms with Crippen molar-refractivity contribution < 1.29 is 14.7 Å². The fourth-order valence-electron chi connectivity index (χ4n) is 5.13. The molecule has 2 saturated carbocycles. The van der Waals surface area contributed by atoms with Gasteiger partial charge in [0, 0.05) is 0 Å². The Balaban J connectivity index is 2.30. The fraction of sp³-hybridized carbons (Fsp3) is 0.684. The van der Waals surface area contributed by atoms with Crippen LogP contribution in [0.5, 0.6) is 0 Å². The molecule has 1 N–H and O–H groups in total. The van der Waals surface area contributed by atoms with Crippen LogP contribution in [0.3, 0.4) is 0 Å². The Labute approximate surface area is 133 Å². The lowest BCUT2D eigenvalue weighted by molar-refractivity contribution is -0.164. The molecule has 0 heterocycles. The summed E-state index contributed by atoms with van der Waals surface area (Å²) >= 11 is 0. The Hall–Kier alpha value is -1.38. The first-order valence-corrected chi connectivity index (χ1v) is 8.29. The van der Waals surface area contributed by atoms with E-state index in [4.69, 9.17) is 0 Å². The summed E-state index contributed by atoms with van der Waals surface area (Å²) in [6.07, 6.45) is 6.96. The van der Waals surface area contributed by atoms with Gasteiger partial charge < -0.3 is 5.11 Å². The van der Waals surface area contributed by atoms with Crippen molar-refractivity contribution in [3.8, 4) is 0 Å². The molecule has 0 bridgehead atoms. The van der Waals surface area contributed by atoms with Gasteiger partial charge in [-0.05, 0) is 68.3 Å². The van der Waals surface area contributed by atoms with Gasteiger partial charge in [-0.3, -0.25) is 9.59 Å². The van der Waals surface area contributed by atoms with Crippen LogP contribution in [0.25, 0.3) is 0 Å². The van der Waals surface area contributed by atoms with Gasteiger partial charge in [-0.1, -0.05) is 32.1 Å². The summed E-state index contributed by atoms with van der Waals surface area (Å²) in [7, 11) is 0. The molecule has 0 aliphatic heterocycles. The maximum Gasteiger partial charge on any atom is 0.309 e. The second-order valence-electron chi connectivity index (χ2n) is 7.70. The van der Waals surface area contributed by atoms with Crippen molar-refractivity contribution in [3.05, 3.63) is 24.3 Å². The summed E-state index contributed by atoms with van der Waals surface area (Å²) in [4.78, 5) is 22.7. The van der Waals surface area contributed by atoms with Crippen LogP contribution in [-0.2, 0) is 9.59 Å². The zero-order valence-electron chi connectivity index (χ0n) is 13.9. The van der Waals surface area contributed by atoms with Crippen molar-refractivity contribution in [1.82, 2.24) is 0 Å². The molecule has 0 aromatic heterocycles. The number of hydrogen-bond acceptors (Lipinski definition) is 2. The molecule has 0 amide bonds. The molecule has 0 radical (unpaired) electrons. The van der Waals surface area contributed by atoms with Crippen molar-refractivity contribution >= 4 is 12.3 Å². The molecule has 0 saturated heterocycles. The zero-order valence-corrected chi connectivity index (χ0v) is 13.9. The molecule has 0 aromatic rings. The third-order valence-corrected chi connectivity index (χ3v) is 6.43. The monoisotopic (exact) mass is 304 g/mol. The summed E-state index contributed by atoms with van der Waals surface area (Å²) in [5, 5.41) is 9.78. The van der Waals surface area contributed by atoms with Gasteiger partial charge in [-0.25, -0.2) is 0 Å². The van der Waals surface area contributed by atoms with Crippen molar-refractivity contribution in [2.45, 2.75) is 58.8 Å². The minimum absolute atomic E-state index is 0.0239. The van der Waals surface area contributed by atoms with Gasteiger partial charge in [0.1, 0.15) is 6.29 Å². The Morgan fingerprint density at radius 3 is 2.68 bits per heavy atom. The highest BCUT2D eigenvalue weighted by Gasteiger charge is 2.57. The number of allylic oxidation sites excluding steroid dienone is 2. The number of carbonyl (C=O) groups is 2. The van der Waals surface area contributed by atoms with E-state index in [1.165, 1.54) is 5.57 Å². The molecule has 2 fully saturated rings. The van der Waals surface area contributed by atoms with Crippen LogP contribution < -0.4 is 0 Å². The summed E-state index contributed by atoms with van der Waals surface area (Å²) in [5.41, 5.74) is 1.19. The topological polar surface area (TPSA) is 54.4 Å². The number of carboxylic acids is 1. The number of carboxylic acid groups (broad SMARTS) is 1. The number of aldehydes is 1. The van der Waals surface area contributed by atoms with E-state index in [1.807, 2.05) is 6.92 Å². The maximum absolute atomic E-state index is 11.9. The van der Waals surface area contributed by atoms with E-state index < -0.39 is 11.4 Å². The second-order valence-corrected chi connectivity index (χ2v) is 7.70. The van der Waals surface area contributed by atoms with E-state index in [2.05, 4.69) is 20.1 Å².